The minimum atomic E-state index is -0.597. The number of hydrogen-bond donors (Lipinski definition) is 0. The van der Waals surface area contributed by atoms with Crippen LogP contribution in [0.2, 0.25) is 0 Å². The van der Waals surface area contributed by atoms with Gasteiger partial charge in [0.25, 0.3) is 0 Å². The molecule has 1 fully saturated rings. The maximum atomic E-state index is 11.8. The van der Waals surface area contributed by atoms with Gasteiger partial charge >= 0.3 is 0 Å². The Hall–Kier alpha value is -1.58. The second-order valence-corrected chi connectivity index (χ2v) is 3.83. The van der Waals surface area contributed by atoms with Crippen LogP contribution in [0.4, 0.5) is 0 Å². The summed E-state index contributed by atoms with van der Waals surface area (Å²) in [5.74, 6) is -0.591. The monoisotopic (exact) mass is 204 g/mol. The van der Waals surface area contributed by atoms with E-state index >= 15 is 0 Å². The SMILES string of the molecule is CC(C(=O)c1ncccn1)C(=O)C1CC1. The predicted molar refractivity (Wildman–Crippen MR) is 53.3 cm³/mol. The van der Waals surface area contributed by atoms with Gasteiger partial charge in [-0.15, -0.1) is 0 Å². The lowest BCUT2D eigenvalue weighted by Gasteiger charge is -2.06. The van der Waals surface area contributed by atoms with E-state index in [2.05, 4.69) is 9.97 Å². The van der Waals surface area contributed by atoms with E-state index < -0.39 is 5.92 Å². The molecule has 0 aliphatic heterocycles. The Morgan fingerprint density at radius 1 is 1.33 bits per heavy atom. The van der Waals surface area contributed by atoms with E-state index in [0.29, 0.717) is 0 Å². The Balaban J connectivity index is 2.10. The Labute approximate surface area is 87.7 Å². The van der Waals surface area contributed by atoms with Crippen LogP contribution in [-0.4, -0.2) is 21.5 Å². The van der Waals surface area contributed by atoms with Crippen molar-refractivity contribution in [1.82, 2.24) is 9.97 Å². The van der Waals surface area contributed by atoms with Crippen molar-refractivity contribution in [2.75, 3.05) is 0 Å². The van der Waals surface area contributed by atoms with Crippen molar-refractivity contribution >= 4 is 11.6 Å². The van der Waals surface area contributed by atoms with E-state index in [1.807, 2.05) is 0 Å². The number of hydrogen-bond acceptors (Lipinski definition) is 4. The van der Waals surface area contributed by atoms with Crippen molar-refractivity contribution in [3.8, 4) is 0 Å². The van der Waals surface area contributed by atoms with Crippen molar-refractivity contribution in [2.24, 2.45) is 11.8 Å². The number of rotatable bonds is 4. The fourth-order valence-electron chi connectivity index (χ4n) is 1.47. The Kier molecular flexibility index (Phi) is 2.58. The fourth-order valence-corrected chi connectivity index (χ4v) is 1.47. The highest BCUT2D eigenvalue weighted by atomic mass is 16.2. The topological polar surface area (TPSA) is 59.9 Å². The summed E-state index contributed by atoms with van der Waals surface area (Å²) in [5.41, 5.74) is 0. The summed E-state index contributed by atoms with van der Waals surface area (Å²) in [4.78, 5) is 31.1. The third-order valence-corrected chi connectivity index (χ3v) is 2.59. The van der Waals surface area contributed by atoms with Crippen LogP contribution >= 0.6 is 0 Å². The van der Waals surface area contributed by atoms with Gasteiger partial charge in [0.05, 0.1) is 5.92 Å². The first-order valence-corrected chi connectivity index (χ1v) is 5.05. The van der Waals surface area contributed by atoms with Crippen molar-refractivity contribution in [1.29, 1.82) is 0 Å². The van der Waals surface area contributed by atoms with Crippen molar-refractivity contribution < 1.29 is 9.59 Å². The van der Waals surface area contributed by atoms with E-state index in [1.165, 1.54) is 12.4 Å². The molecule has 15 heavy (non-hydrogen) atoms. The molecule has 1 unspecified atom stereocenters. The zero-order valence-electron chi connectivity index (χ0n) is 8.51. The van der Waals surface area contributed by atoms with E-state index in [9.17, 15) is 9.59 Å². The first kappa shape index (κ1) is 9.96. The molecule has 0 spiro atoms. The van der Waals surface area contributed by atoms with Gasteiger partial charge in [0, 0.05) is 18.3 Å². The minimum Gasteiger partial charge on any atom is -0.299 e. The Bertz CT molecular complexity index is 385. The average molecular weight is 204 g/mol. The molecular formula is C11H12N2O2. The van der Waals surface area contributed by atoms with Gasteiger partial charge in [-0.25, -0.2) is 9.97 Å². The highest BCUT2D eigenvalue weighted by Crippen LogP contribution is 2.32. The van der Waals surface area contributed by atoms with Crippen LogP contribution in [0.1, 0.15) is 30.4 Å². The first-order valence-electron chi connectivity index (χ1n) is 5.05. The standard InChI is InChI=1S/C11H12N2O2/c1-7(9(14)8-3-4-8)10(15)11-12-5-2-6-13-11/h2,5-8H,3-4H2,1H3. The van der Waals surface area contributed by atoms with Crippen LogP contribution in [0, 0.1) is 11.8 Å². The molecule has 0 amide bonds. The lowest BCUT2D eigenvalue weighted by Crippen LogP contribution is -2.24. The van der Waals surface area contributed by atoms with E-state index in [0.717, 1.165) is 12.8 Å². The molecule has 0 radical (unpaired) electrons. The van der Waals surface area contributed by atoms with Gasteiger partial charge in [-0.3, -0.25) is 9.59 Å². The van der Waals surface area contributed by atoms with E-state index in [-0.39, 0.29) is 23.3 Å². The molecular weight excluding hydrogens is 192 g/mol. The molecule has 1 aromatic rings. The third-order valence-electron chi connectivity index (χ3n) is 2.59. The minimum absolute atomic E-state index is 0.0347. The molecule has 78 valence electrons. The molecule has 1 saturated carbocycles. The fraction of sp³-hybridized carbons (Fsp3) is 0.455. The molecule has 0 aromatic carbocycles. The molecule has 1 aliphatic rings. The quantitative estimate of drug-likeness (QED) is 0.547. The normalized spacial score (nSPS) is 17.1. The van der Waals surface area contributed by atoms with Gasteiger partial charge in [-0.05, 0) is 25.8 Å². The van der Waals surface area contributed by atoms with Gasteiger partial charge in [0.2, 0.25) is 5.78 Å². The molecule has 1 aliphatic carbocycles. The van der Waals surface area contributed by atoms with Crippen molar-refractivity contribution in [3.05, 3.63) is 24.3 Å². The molecule has 1 heterocycles. The summed E-state index contributed by atoms with van der Waals surface area (Å²) < 4.78 is 0. The van der Waals surface area contributed by atoms with Gasteiger partial charge in [-0.1, -0.05) is 0 Å². The summed E-state index contributed by atoms with van der Waals surface area (Å²) in [7, 11) is 0. The predicted octanol–water partition coefficient (Wildman–Crippen LogP) is 1.27. The van der Waals surface area contributed by atoms with Crippen LogP contribution in [0.5, 0.6) is 0 Å². The number of carbonyl (C=O) groups is 2. The first-order chi connectivity index (χ1) is 7.20. The summed E-state index contributed by atoms with van der Waals surface area (Å²) in [6.45, 7) is 1.64. The van der Waals surface area contributed by atoms with Gasteiger partial charge in [0.15, 0.2) is 5.82 Å². The number of Topliss-reactive ketones (excluding diaryl/α,β-unsaturated/α-hetero) is 2. The zero-order chi connectivity index (χ0) is 10.8. The summed E-state index contributed by atoms with van der Waals surface area (Å²) >= 11 is 0. The lowest BCUT2D eigenvalue weighted by molar-refractivity contribution is -0.122. The maximum Gasteiger partial charge on any atom is 0.210 e. The third kappa shape index (κ3) is 2.09. The summed E-state index contributed by atoms with van der Waals surface area (Å²) in [5, 5.41) is 0. The summed E-state index contributed by atoms with van der Waals surface area (Å²) in [6.07, 6.45) is 4.86. The van der Waals surface area contributed by atoms with Crippen LogP contribution in [0.25, 0.3) is 0 Å². The Morgan fingerprint density at radius 3 is 2.47 bits per heavy atom. The summed E-state index contributed by atoms with van der Waals surface area (Å²) in [6, 6.07) is 1.64. The molecule has 1 atom stereocenters. The molecule has 1 aromatic heterocycles. The lowest BCUT2D eigenvalue weighted by atomic mass is 9.97. The highest BCUT2D eigenvalue weighted by molar-refractivity contribution is 6.09. The highest BCUT2D eigenvalue weighted by Gasteiger charge is 2.36. The average Bonchev–Trinajstić information content (AvgIpc) is 3.11. The number of nitrogens with zero attached hydrogens (tertiary/aromatic N) is 2. The van der Waals surface area contributed by atoms with Crippen molar-refractivity contribution in [2.45, 2.75) is 19.8 Å². The molecule has 0 N–H and O–H groups in total. The van der Waals surface area contributed by atoms with Crippen LogP contribution in [0.3, 0.4) is 0 Å². The van der Waals surface area contributed by atoms with E-state index in [4.69, 9.17) is 0 Å². The number of aromatic nitrogens is 2. The van der Waals surface area contributed by atoms with Gasteiger partial charge < -0.3 is 0 Å². The maximum absolute atomic E-state index is 11.8. The van der Waals surface area contributed by atoms with Crippen LogP contribution in [0.15, 0.2) is 18.5 Å². The van der Waals surface area contributed by atoms with Crippen molar-refractivity contribution in [3.63, 3.8) is 0 Å². The smallest absolute Gasteiger partial charge is 0.210 e. The van der Waals surface area contributed by atoms with Gasteiger partial charge in [0.1, 0.15) is 5.78 Å². The van der Waals surface area contributed by atoms with Crippen LogP contribution in [-0.2, 0) is 4.79 Å². The Morgan fingerprint density at radius 2 is 1.93 bits per heavy atom. The largest absolute Gasteiger partial charge is 0.299 e. The second kappa shape index (κ2) is 3.88. The van der Waals surface area contributed by atoms with E-state index in [1.54, 1.807) is 13.0 Å². The van der Waals surface area contributed by atoms with Crippen LogP contribution < -0.4 is 0 Å². The molecule has 4 nitrogen and oxygen atoms in total. The molecule has 4 heteroatoms. The second-order valence-electron chi connectivity index (χ2n) is 3.83. The molecule has 0 saturated heterocycles. The number of carbonyl (C=O) groups excluding carboxylic acids is 2. The zero-order valence-corrected chi connectivity index (χ0v) is 8.51. The number of ketones is 2. The van der Waals surface area contributed by atoms with Gasteiger partial charge in [-0.2, -0.15) is 0 Å². The molecule has 2 rings (SSSR count). The molecule has 0 bridgehead atoms.